The lowest BCUT2D eigenvalue weighted by molar-refractivity contribution is 1.13. The first-order valence-corrected chi connectivity index (χ1v) is 26.4. The first-order valence-electron chi connectivity index (χ1n) is 26.4. The molecule has 0 aliphatic rings. The molecule has 0 saturated carbocycles. The van der Waals surface area contributed by atoms with Gasteiger partial charge in [0.15, 0.2) is 5.82 Å². The van der Waals surface area contributed by atoms with Gasteiger partial charge in [0.25, 0.3) is 0 Å². The Morgan fingerprint density at radius 2 is 0.897 bits per heavy atom. The Balaban J connectivity index is 0.966. The van der Waals surface area contributed by atoms with Crippen molar-refractivity contribution in [2.24, 2.45) is 4.99 Å². The fourth-order valence-corrected chi connectivity index (χ4v) is 10.7. The average molecular weight is 997 g/mol. The quantitative estimate of drug-likeness (QED) is 0.114. The lowest BCUT2D eigenvalue weighted by Gasteiger charge is -2.16. The minimum Gasteiger partial charge on any atom is -0.309 e. The summed E-state index contributed by atoms with van der Waals surface area (Å²) in [6.45, 7) is 6.55. The minimum atomic E-state index is 0.645. The fourth-order valence-electron chi connectivity index (χ4n) is 10.7. The molecule has 0 aliphatic heterocycles. The molecule has 13 aromatic rings. The Morgan fingerprint density at radius 1 is 0.397 bits per heavy atom. The predicted molar refractivity (Wildman–Crippen MR) is 327 cm³/mol. The zero-order valence-electron chi connectivity index (χ0n) is 43.1. The first-order chi connectivity index (χ1) is 38.5. The van der Waals surface area contributed by atoms with Crippen LogP contribution in [0.2, 0.25) is 0 Å². The molecular formula is C74H52N4. The number of aromatic nitrogens is 3. The van der Waals surface area contributed by atoms with Crippen molar-refractivity contribution in [2.45, 2.75) is 6.92 Å². The van der Waals surface area contributed by atoms with Gasteiger partial charge in [0.1, 0.15) is 0 Å². The van der Waals surface area contributed by atoms with E-state index >= 15 is 0 Å². The van der Waals surface area contributed by atoms with Crippen molar-refractivity contribution in [3.05, 3.63) is 308 Å². The van der Waals surface area contributed by atoms with Crippen LogP contribution in [-0.4, -0.2) is 20.2 Å². The Kier molecular flexibility index (Phi) is 12.6. The highest BCUT2D eigenvalue weighted by atomic mass is 15.0. The maximum absolute atomic E-state index is 5.57. The van der Waals surface area contributed by atoms with E-state index in [9.17, 15) is 0 Å². The van der Waals surface area contributed by atoms with Gasteiger partial charge in [-0.2, -0.15) is 0 Å². The number of fused-ring (bicyclic) bond motifs is 2. The topological polar surface area (TPSA) is 43.1 Å². The normalized spacial score (nSPS) is 11.5. The smallest absolute Gasteiger partial charge is 0.160 e. The standard InChI is InChI=1S/C74H52N4/c1-50(52-19-7-3-8-20-52)66-28-16-17-29-69(66)75-51(2)53-31-43-61(44-32-53)72-68-48-64(58-35-33-56(34-36-58)54-21-9-4-10-22-54)47-67(59-39-37-57(38-40-59)55-23-11-5-12-24-55)73(68)77-74(76-72)62-45-41-60(42-46-62)71-49-63-25-15-18-30-70(63)78(71)65-26-13-6-14-27-65/h3-49H,1H2,2H3. The third-order valence-corrected chi connectivity index (χ3v) is 14.8. The number of hydrogen-bond acceptors (Lipinski definition) is 3. The van der Waals surface area contributed by atoms with Crippen molar-refractivity contribution in [3.63, 3.8) is 0 Å². The van der Waals surface area contributed by atoms with Crippen molar-refractivity contribution < 1.29 is 0 Å². The maximum Gasteiger partial charge on any atom is 0.160 e. The van der Waals surface area contributed by atoms with E-state index < -0.39 is 0 Å². The predicted octanol–water partition coefficient (Wildman–Crippen LogP) is 19.4. The zero-order valence-corrected chi connectivity index (χ0v) is 43.1. The van der Waals surface area contributed by atoms with Gasteiger partial charge in [-0.05, 0) is 111 Å². The van der Waals surface area contributed by atoms with E-state index in [2.05, 4.69) is 273 Å². The highest BCUT2D eigenvalue weighted by Gasteiger charge is 2.20. The molecule has 2 aromatic heterocycles. The molecule has 0 unspecified atom stereocenters. The van der Waals surface area contributed by atoms with Crippen molar-refractivity contribution in [2.75, 3.05) is 0 Å². The summed E-state index contributed by atoms with van der Waals surface area (Å²) in [7, 11) is 0. The number of nitrogens with zero attached hydrogens (tertiary/aromatic N) is 4. The second-order valence-electron chi connectivity index (χ2n) is 19.7. The summed E-state index contributed by atoms with van der Waals surface area (Å²) in [5, 5.41) is 2.14. The molecule has 2 heterocycles. The molecule has 0 atom stereocenters. The number of rotatable bonds is 12. The highest BCUT2D eigenvalue weighted by molar-refractivity contribution is 6.06. The van der Waals surface area contributed by atoms with E-state index in [0.717, 1.165) is 112 Å². The van der Waals surface area contributed by atoms with Gasteiger partial charge in [-0.25, -0.2) is 9.97 Å². The lowest BCUT2D eigenvalue weighted by atomic mass is 9.92. The minimum absolute atomic E-state index is 0.645. The van der Waals surface area contributed by atoms with Crippen LogP contribution < -0.4 is 0 Å². The van der Waals surface area contributed by atoms with Crippen LogP contribution in [0.1, 0.15) is 23.6 Å². The molecule has 78 heavy (non-hydrogen) atoms. The van der Waals surface area contributed by atoms with Gasteiger partial charge < -0.3 is 4.57 Å². The van der Waals surface area contributed by atoms with Gasteiger partial charge in [0.2, 0.25) is 0 Å². The molecule has 368 valence electrons. The summed E-state index contributed by atoms with van der Waals surface area (Å²) in [6.07, 6.45) is 0. The number of aliphatic imine (C=N–C) groups is 1. The van der Waals surface area contributed by atoms with Crippen LogP contribution in [0.4, 0.5) is 5.69 Å². The molecule has 4 heteroatoms. The van der Waals surface area contributed by atoms with E-state index in [1.807, 2.05) is 30.3 Å². The fraction of sp³-hybridized carbons (Fsp3) is 0.0135. The van der Waals surface area contributed by atoms with Crippen LogP contribution in [0, 0.1) is 0 Å². The molecule has 11 aromatic carbocycles. The molecule has 0 aliphatic carbocycles. The molecule has 0 radical (unpaired) electrons. The second kappa shape index (κ2) is 20.8. The number of para-hydroxylation sites is 3. The molecule has 0 amide bonds. The van der Waals surface area contributed by atoms with E-state index in [0.29, 0.717) is 5.82 Å². The van der Waals surface area contributed by atoms with Crippen LogP contribution in [0.25, 0.3) is 111 Å². The Hall–Kier alpha value is -10.3. The van der Waals surface area contributed by atoms with Gasteiger partial charge in [0.05, 0.1) is 28.1 Å². The Morgan fingerprint density at radius 3 is 1.55 bits per heavy atom. The Labute approximate surface area is 455 Å². The summed E-state index contributed by atoms with van der Waals surface area (Å²) in [5.74, 6) is 0.645. The van der Waals surface area contributed by atoms with E-state index in [1.165, 1.54) is 22.1 Å². The van der Waals surface area contributed by atoms with Crippen LogP contribution in [0.15, 0.2) is 297 Å². The summed E-state index contributed by atoms with van der Waals surface area (Å²) in [6, 6.07) is 101. The van der Waals surface area contributed by atoms with E-state index in [-0.39, 0.29) is 0 Å². The highest BCUT2D eigenvalue weighted by Crippen LogP contribution is 2.41. The molecule has 13 rings (SSSR count). The second-order valence-corrected chi connectivity index (χ2v) is 19.7. The van der Waals surface area contributed by atoms with Crippen molar-refractivity contribution in [1.29, 1.82) is 0 Å². The third kappa shape index (κ3) is 9.33. The summed E-state index contributed by atoms with van der Waals surface area (Å²) < 4.78 is 2.34. The first kappa shape index (κ1) is 47.4. The zero-order chi connectivity index (χ0) is 52.4. The molecular weight excluding hydrogens is 945 g/mol. The molecule has 4 nitrogen and oxygen atoms in total. The maximum atomic E-state index is 5.57. The molecule has 0 bridgehead atoms. The summed E-state index contributed by atoms with van der Waals surface area (Å²) >= 11 is 0. The Bertz CT molecular complexity index is 4310. The molecule has 0 N–H and O–H groups in total. The summed E-state index contributed by atoms with van der Waals surface area (Å²) in [5.41, 5.74) is 22.9. The number of hydrogen-bond donors (Lipinski definition) is 0. The van der Waals surface area contributed by atoms with Gasteiger partial charge in [-0.3, -0.25) is 4.99 Å². The van der Waals surface area contributed by atoms with Gasteiger partial charge >= 0.3 is 0 Å². The van der Waals surface area contributed by atoms with Crippen molar-refractivity contribution in [1.82, 2.24) is 14.5 Å². The molecule has 0 spiro atoms. The van der Waals surface area contributed by atoms with Crippen molar-refractivity contribution in [3.8, 4) is 84.1 Å². The third-order valence-electron chi connectivity index (χ3n) is 14.8. The van der Waals surface area contributed by atoms with Crippen LogP contribution >= 0.6 is 0 Å². The average Bonchev–Trinajstić information content (AvgIpc) is 3.98. The molecule has 0 saturated heterocycles. The monoisotopic (exact) mass is 996 g/mol. The largest absolute Gasteiger partial charge is 0.309 e. The SMILES string of the molecule is C=C(c1ccccc1)c1ccccc1N=C(C)c1ccc(-c2nc(-c3ccc(-c4cc5ccccc5n4-c4ccccc4)cc3)nc3c(-c4ccc(-c5ccccc5)cc4)cc(-c4ccc(-c5ccccc5)cc4)cc23)cc1. The van der Waals surface area contributed by atoms with E-state index in [4.69, 9.17) is 15.0 Å². The number of benzene rings is 11. The van der Waals surface area contributed by atoms with Crippen LogP contribution in [0.5, 0.6) is 0 Å². The molecule has 0 fully saturated rings. The lowest BCUT2D eigenvalue weighted by Crippen LogP contribution is -1.99. The van der Waals surface area contributed by atoms with Crippen LogP contribution in [-0.2, 0) is 0 Å². The summed E-state index contributed by atoms with van der Waals surface area (Å²) in [4.78, 5) is 16.4. The van der Waals surface area contributed by atoms with E-state index in [1.54, 1.807) is 0 Å². The van der Waals surface area contributed by atoms with Gasteiger partial charge in [-0.1, -0.05) is 249 Å². The van der Waals surface area contributed by atoms with Gasteiger partial charge in [0, 0.05) is 44.4 Å². The van der Waals surface area contributed by atoms with Crippen LogP contribution in [0.3, 0.4) is 0 Å². The van der Waals surface area contributed by atoms with Crippen molar-refractivity contribution >= 4 is 38.8 Å². The van der Waals surface area contributed by atoms with Gasteiger partial charge in [-0.15, -0.1) is 0 Å².